The number of H-pyrrole nitrogens is 1. The van der Waals surface area contributed by atoms with E-state index in [4.69, 9.17) is 23.2 Å². The van der Waals surface area contributed by atoms with Crippen molar-refractivity contribution in [2.75, 3.05) is 0 Å². The number of hydrogen-bond acceptors (Lipinski definition) is 3. The van der Waals surface area contributed by atoms with Gasteiger partial charge in [-0.05, 0) is 6.07 Å². The van der Waals surface area contributed by atoms with Crippen LogP contribution in [0.15, 0.2) is 15.7 Å². The Labute approximate surface area is 93.3 Å². The van der Waals surface area contributed by atoms with E-state index in [0.717, 1.165) is 0 Å². The van der Waals surface area contributed by atoms with Gasteiger partial charge in [0.15, 0.2) is 5.65 Å². The average molecular weight is 246 g/mol. The highest BCUT2D eigenvalue weighted by atomic mass is 35.5. The first-order valence-electron chi connectivity index (χ1n) is 3.96. The maximum Gasteiger partial charge on any atom is 0.316 e. The van der Waals surface area contributed by atoms with Crippen LogP contribution in [0.2, 0.25) is 10.2 Å². The molecule has 2 aromatic rings. The quantitative estimate of drug-likeness (QED) is 0.555. The zero-order valence-electron chi connectivity index (χ0n) is 7.54. The van der Waals surface area contributed by atoms with Crippen molar-refractivity contribution in [1.82, 2.24) is 14.5 Å². The molecule has 78 valence electrons. The number of nitrogens with one attached hydrogen (secondary N) is 1. The maximum absolute atomic E-state index is 11.3. The highest BCUT2D eigenvalue weighted by Gasteiger charge is 2.08. The van der Waals surface area contributed by atoms with E-state index in [1.54, 1.807) is 0 Å². The molecule has 0 saturated heterocycles. The Balaban J connectivity index is 3.06. The number of aromatic nitrogens is 3. The highest BCUT2D eigenvalue weighted by molar-refractivity contribution is 6.41. The van der Waals surface area contributed by atoms with E-state index < -0.39 is 11.1 Å². The summed E-state index contributed by atoms with van der Waals surface area (Å²) in [5.74, 6) is 0. The van der Waals surface area contributed by atoms with Gasteiger partial charge in [0.05, 0.1) is 10.5 Å². The second-order valence-corrected chi connectivity index (χ2v) is 3.71. The third-order valence-electron chi connectivity index (χ3n) is 2.01. The molecular formula is C8H5Cl2N3O2. The van der Waals surface area contributed by atoms with Crippen LogP contribution in [-0.2, 0) is 7.05 Å². The highest BCUT2D eigenvalue weighted by Crippen LogP contribution is 2.21. The fourth-order valence-electron chi connectivity index (χ4n) is 1.23. The topological polar surface area (TPSA) is 67.8 Å². The standard InChI is InChI=1S/C8H5Cl2N3O2/c1-13-4-2-3(9)5(10)11-6(4)12-7(14)8(13)15/h2H,1H3,(H,11,12,14). The summed E-state index contributed by atoms with van der Waals surface area (Å²) in [5.41, 5.74) is -0.746. The van der Waals surface area contributed by atoms with Gasteiger partial charge in [-0.15, -0.1) is 0 Å². The first kappa shape index (κ1) is 10.2. The Morgan fingerprint density at radius 1 is 1.40 bits per heavy atom. The predicted octanol–water partition coefficient (Wildman–Crippen LogP) is 0.929. The number of fused-ring (bicyclic) bond motifs is 1. The molecule has 0 atom stereocenters. The van der Waals surface area contributed by atoms with Crippen molar-refractivity contribution < 1.29 is 0 Å². The number of rotatable bonds is 0. The van der Waals surface area contributed by atoms with Crippen LogP contribution in [0, 0.1) is 0 Å². The number of aryl methyl sites for hydroxylation is 1. The molecule has 1 N–H and O–H groups in total. The summed E-state index contributed by atoms with van der Waals surface area (Å²) in [5, 5.41) is 0.310. The molecule has 0 aliphatic rings. The molecule has 5 nitrogen and oxygen atoms in total. The minimum absolute atomic E-state index is 0.0819. The molecule has 2 aromatic heterocycles. The van der Waals surface area contributed by atoms with Gasteiger partial charge in [-0.2, -0.15) is 0 Å². The van der Waals surface area contributed by atoms with Crippen molar-refractivity contribution in [2.24, 2.45) is 7.05 Å². The van der Waals surface area contributed by atoms with E-state index >= 15 is 0 Å². The molecule has 0 bridgehead atoms. The normalized spacial score (nSPS) is 10.9. The van der Waals surface area contributed by atoms with E-state index in [1.807, 2.05) is 0 Å². The van der Waals surface area contributed by atoms with Gasteiger partial charge in [0.1, 0.15) is 5.15 Å². The number of pyridine rings is 1. The van der Waals surface area contributed by atoms with Gasteiger partial charge in [-0.25, -0.2) is 4.98 Å². The molecule has 0 spiro atoms. The predicted molar refractivity (Wildman–Crippen MR) is 57.6 cm³/mol. The number of nitrogens with zero attached hydrogens (tertiary/aromatic N) is 2. The van der Waals surface area contributed by atoms with Crippen LogP contribution < -0.4 is 11.1 Å². The zero-order valence-corrected chi connectivity index (χ0v) is 9.06. The lowest BCUT2D eigenvalue weighted by Crippen LogP contribution is -2.35. The number of aromatic amines is 1. The van der Waals surface area contributed by atoms with Crippen LogP contribution in [0.5, 0.6) is 0 Å². The molecule has 0 radical (unpaired) electrons. The molecule has 0 fully saturated rings. The van der Waals surface area contributed by atoms with Crippen LogP contribution in [0.1, 0.15) is 0 Å². The summed E-state index contributed by atoms with van der Waals surface area (Å²) >= 11 is 11.4. The summed E-state index contributed by atoms with van der Waals surface area (Å²) in [6, 6.07) is 1.48. The van der Waals surface area contributed by atoms with Gasteiger partial charge in [0.25, 0.3) is 0 Å². The van der Waals surface area contributed by atoms with Crippen LogP contribution >= 0.6 is 23.2 Å². The minimum atomic E-state index is -0.740. The average Bonchev–Trinajstić information content (AvgIpc) is 2.19. The minimum Gasteiger partial charge on any atom is -0.304 e. The van der Waals surface area contributed by atoms with Crippen LogP contribution in [0.25, 0.3) is 11.2 Å². The Morgan fingerprint density at radius 2 is 2.07 bits per heavy atom. The molecule has 0 aliphatic heterocycles. The molecule has 15 heavy (non-hydrogen) atoms. The fourth-order valence-corrected chi connectivity index (χ4v) is 1.51. The summed E-state index contributed by atoms with van der Waals surface area (Å²) in [6.07, 6.45) is 0. The Morgan fingerprint density at radius 3 is 2.73 bits per heavy atom. The molecular weight excluding hydrogens is 241 g/mol. The molecule has 0 saturated carbocycles. The van der Waals surface area contributed by atoms with Crippen molar-refractivity contribution >= 4 is 34.4 Å². The molecule has 7 heteroatoms. The van der Waals surface area contributed by atoms with E-state index in [0.29, 0.717) is 5.52 Å². The second kappa shape index (κ2) is 3.36. The van der Waals surface area contributed by atoms with Gasteiger partial charge in [0.2, 0.25) is 0 Å². The lowest BCUT2D eigenvalue weighted by molar-refractivity contribution is 0.868. The van der Waals surface area contributed by atoms with Crippen molar-refractivity contribution in [2.45, 2.75) is 0 Å². The summed E-state index contributed by atoms with van der Waals surface area (Å²) in [7, 11) is 1.46. The first-order valence-corrected chi connectivity index (χ1v) is 4.71. The molecule has 0 amide bonds. The summed E-state index contributed by atoms with van der Waals surface area (Å²) in [6.45, 7) is 0. The largest absolute Gasteiger partial charge is 0.316 e. The van der Waals surface area contributed by atoms with Gasteiger partial charge in [-0.3, -0.25) is 9.59 Å². The Kier molecular flexibility index (Phi) is 2.28. The van der Waals surface area contributed by atoms with E-state index in [2.05, 4.69) is 9.97 Å². The van der Waals surface area contributed by atoms with Gasteiger partial charge >= 0.3 is 11.1 Å². The van der Waals surface area contributed by atoms with Gasteiger partial charge in [0, 0.05) is 7.05 Å². The van der Waals surface area contributed by atoms with Crippen molar-refractivity contribution in [3.63, 3.8) is 0 Å². The van der Waals surface area contributed by atoms with Crippen molar-refractivity contribution in [3.05, 3.63) is 36.9 Å². The maximum atomic E-state index is 11.3. The van der Waals surface area contributed by atoms with Crippen LogP contribution in [0.4, 0.5) is 0 Å². The molecule has 0 aliphatic carbocycles. The lowest BCUT2D eigenvalue weighted by Gasteiger charge is -2.03. The Hall–Kier alpha value is -1.33. The third-order valence-corrected chi connectivity index (χ3v) is 2.68. The first-order chi connectivity index (χ1) is 7.00. The number of halogens is 2. The second-order valence-electron chi connectivity index (χ2n) is 2.95. The molecule has 0 aromatic carbocycles. The van der Waals surface area contributed by atoms with Gasteiger partial charge in [-0.1, -0.05) is 23.2 Å². The smallest absolute Gasteiger partial charge is 0.304 e. The molecule has 2 rings (SSSR count). The van der Waals surface area contributed by atoms with E-state index in [-0.39, 0.29) is 15.8 Å². The summed E-state index contributed by atoms with van der Waals surface area (Å²) in [4.78, 5) is 28.6. The van der Waals surface area contributed by atoms with E-state index in [9.17, 15) is 9.59 Å². The van der Waals surface area contributed by atoms with E-state index in [1.165, 1.54) is 17.7 Å². The number of hydrogen-bond donors (Lipinski definition) is 1. The molecule has 2 heterocycles. The van der Waals surface area contributed by atoms with Crippen molar-refractivity contribution in [1.29, 1.82) is 0 Å². The zero-order chi connectivity index (χ0) is 11.2. The van der Waals surface area contributed by atoms with Crippen LogP contribution in [-0.4, -0.2) is 14.5 Å². The SMILES string of the molecule is Cn1c(=O)c(=O)[nH]c2nc(Cl)c(Cl)cc21. The van der Waals surface area contributed by atoms with Crippen molar-refractivity contribution in [3.8, 4) is 0 Å². The van der Waals surface area contributed by atoms with Crippen LogP contribution in [0.3, 0.4) is 0 Å². The molecule has 0 unspecified atom stereocenters. The van der Waals surface area contributed by atoms with Gasteiger partial charge < -0.3 is 9.55 Å². The fraction of sp³-hybridized carbons (Fsp3) is 0.125. The lowest BCUT2D eigenvalue weighted by atomic mass is 10.4. The monoisotopic (exact) mass is 245 g/mol. The summed E-state index contributed by atoms with van der Waals surface area (Å²) < 4.78 is 1.17. The third kappa shape index (κ3) is 1.53. The Bertz CT molecular complexity index is 659.